The second-order valence-corrected chi connectivity index (χ2v) is 5.11. The number of imidazole rings is 1. The third-order valence-corrected chi connectivity index (χ3v) is 3.57. The molecule has 0 aliphatic carbocycles. The summed E-state index contributed by atoms with van der Waals surface area (Å²) in [5.74, 6) is 0.711. The number of nitrogens with one attached hydrogen (secondary N) is 1. The van der Waals surface area contributed by atoms with Crippen LogP contribution in [0.15, 0.2) is 42.9 Å². The molecule has 2 heterocycles. The van der Waals surface area contributed by atoms with Crippen LogP contribution in [0.4, 0.5) is 5.95 Å². The zero-order valence-electron chi connectivity index (χ0n) is 12.1. The van der Waals surface area contributed by atoms with Crippen molar-refractivity contribution in [1.82, 2.24) is 24.7 Å². The normalized spacial score (nSPS) is 12.4. The number of anilines is 1. The van der Waals surface area contributed by atoms with Gasteiger partial charge >= 0.3 is 0 Å². The molecule has 0 spiro atoms. The van der Waals surface area contributed by atoms with Gasteiger partial charge in [0.25, 0.3) is 0 Å². The molecule has 3 rings (SSSR count). The highest BCUT2D eigenvalue weighted by atomic mass is 16.3. The van der Waals surface area contributed by atoms with Gasteiger partial charge in [0, 0.05) is 6.20 Å². The summed E-state index contributed by atoms with van der Waals surface area (Å²) in [4.78, 5) is 8.32. The minimum Gasteiger partial charge on any atom is -0.394 e. The van der Waals surface area contributed by atoms with Crippen LogP contribution >= 0.6 is 0 Å². The van der Waals surface area contributed by atoms with Crippen molar-refractivity contribution in [1.29, 1.82) is 0 Å². The van der Waals surface area contributed by atoms with Crippen molar-refractivity contribution in [2.45, 2.75) is 18.9 Å². The zero-order valence-corrected chi connectivity index (χ0v) is 12.1. The van der Waals surface area contributed by atoms with Gasteiger partial charge in [-0.3, -0.25) is 0 Å². The lowest BCUT2D eigenvalue weighted by Crippen LogP contribution is -2.12. The Labute approximate surface area is 127 Å². The third kappa shape index (κ3) is 3.15. The van der Waals surface area contributed by atoms with Crippen molar-refractivity contribution in [3.8, 4) is 11.5 Å². The average molecular weight is 298 g/mol. The molecule has 2 aromatic heterocycles. The zero-order chi connectivity index (χ0) is 15.4. The van der Waals surface area contributed by atoms with Crippen molar-refractivity contribution in [3.63, 3.8) is 0 Å². The number of H-pyrrole nitrogens is 1. The van der Waals surface area contributed by atoms with Gasteiger partial charge in [0.1, 0.15) is 5.69 Å². The van der Waals surface area contributed by atoms with E-state index >= 15 is 0 Å². The number of aromatic nitrogens is 5. The van der Waals surface area contributed by atoms with Crippen molar-refractivity contribution in [2.75, 3.05) is 12.3 Å². The van der Waals surface area contributed by atoms with Gasteiger partial charge in [-0.1, -0.05) is 30.3 Å². The van der Waals surface area contributed by atoms with E-state index in [9.17, 15) is 5.11 Å². The molecule has 114 valence electrons. The summed E-state index contributed by atoms with van der Waals surface area (Å²) in [6, 6.07) is 10.2. The molecular formula is C15H18N6O. The number of benzene rings is 1. The van der Waals surface area contributed by atoms with Crippen LogP contribution in [0.2, 0.25) is 0 Å². The average Bonchev–Trinajstić information content (AvgIpc) is 3.18. The Morgan fingerprint density at radius 3 is 2.77 bits per heavy atom. The van der Waals surface area contributed by atoms with E-state index in [0.717, 1.165) is 12.8 Å². The Morgan fingerprint density at radius 1 is 1.27 bits per heavy atom. The highest BCUT2D eigenvalue weighted by Gasteiger charge is 2.13. The molecular weight excluding hydrogens is 280 g/mol. The number of nitrogens with two attached hydrogens (primary N) is 1. The third-order valence-electron chi connectivity index (χ3n) is 3.57. The fourth-order valence-corrected chi connectivity index (χ4v) is 2.35. The van der Waals surface area contributed by atoms with E-state index < -0.39 is 0 Å². The molecule has 0 saturated carbocycles. The lowest BCUT2D eigenvalue weighted by molar-refractivity contribution is 0.220. The summed E-state index contributed by atoms with van der Waals surface area (Å²) in [7, 11) is 0. The summed E-state index contributed by atoms with van der Waals surface area (Å²) < 4.78 is 1.89. The first-order chi connectivity index (χ1) is 10.8. The van der Waals surface area contributed by atoms with E-state index in [2.05, 4.69) is 32.3 Å². The number of aliphatic hydroxyl groups excluding tert-OH is 1. The Kier molecular flexibility index (Phi) is 4.15. The predicted octanol–water partition coefficient (Wildman–Crippen LogP) is 1.42. The molecule has 3 aromatic rings. The molecule has 7 nitrogen and oxygen atoms in total. The van der Waals surface area contributed by atoms with Gasteiger partial charge in [0.2, 0.25) is 11.8 Å². The van der Waals surface area contributed by atoms with Crippen LogP contribution < -0.4 is 5.73 Å². The SMILES string of the molecule is Nc1nc(-c2cn([C@H](CO)CCc3ccccc3)cn2)n[nH]1. The number of aryl methyl sites for hydroxylation is 1. The van der Waals surface area contributed by atoms with Gasteiger partial charge in [-0.2, -0.15) is 10.1 Å². The van der Waals surface area contributed by atoms with Gasteiger partial charge in [0.15, 0.2) is 0 Å². The van der Waals surface area contributed by atoms with Crippen molar-refractivity contribution >= 4 is 5.95 Å². The maximum absolute atomic E-state index is 9.64. The topological polar surface area (TPSA) is 106 Å². The van der Waals surface area contributed by atoms with E-state index in [0.29, 0.717) is 11.5 Å². The van der Waals surface area contributed by atoms with E-state index in [1.807, 2.05) is 29.0 Å². The maximum Gasteiger partial charge on any atom is 0.216 e. The Bertz CT molecular complexity index is 720. The Balaban J connectivity index is 1.70. The second kappa shape index (κ2) is 6.40. The minimum absolute atomic E-state index is 0.0299. The van der Waals surface area contributed by atoms with Crippen LogP contribution in [-0.2, 0) is 6.42 Å². The number of nitrogen functional groups attached to an aromatic ring is 1. The Morgan fingerprint density at radius 2 is 2.09 bits per heavy atom. The molecule has 0 saturated heterocycles. The number of hydrogen-bond acceptors (Lipinski definition) is 5. The summed E-state index contributed by atoms with van der Waals surface area (Å²) in [5, 5.41) is 16.2. The molecule has 0 bridgehead atoms. The van der Waals surface area contributed by atoms with Crippen molar-refractivity contribution in [2.24, 2.45) is 0 Å². The van der Waals surface area contributed by atoms with Gasteiger partial charge in [-0.15, -0.1) is 0 Å². The summed E-state index contributed by atoms with van der Waals surface area (Å²) in [6.07, 6.45) is 5.24. The molecule has 1 atom stereocenters. The first-order valence-electron chi connectivity index (χ1n) is 7.13. The van der Waals surface area contributed by atoms with Crippen LogP contribution in [0.3, 0.4) is 0 Å². The quantitative estimate of drug-likeness (QED) is 0.638. The molecule has 1 aromatic carbocycles. The molecule has 22 heavy (non-hydrogen) atoms. The number of aliphatic hydroxyl groups is 1. The number of rotatable bonds is 6. The molecule has 0 aliphatic heterocycles. The van der Waals surface area contributed by atoms with Crippen LogP contribution in [0, 0.1) is 0 Å². The molecule has 0 radical (unpaired) electrons. The fraction of sp³-hybridized carbons (Fsp3) is 0.267. The first-order valence-corrected chi connectivity index (χ1v) is 7.13. The predicted molar refractivity (Wildman–Crippen MR) is 82.9 cm³/mol. The van der Waals surface area contributed by atoms with Gasteiger partial charge < -0.3 is 15.4 Å². The van der Waals surface area contributed by atoms with Crippen molar-refractivity contribution in [3.05, 3.63) is 48.4 Å². The summed E-state index contributed by atoms with van der Waals surface area (Å²) in [6.45, 7) is 0.0543. The minimum atomic E-state index is -0.0299. The standard InChI is InChI=1S/C15H18N6O/c16-15-18-14(19-20-15)13-8-21(10-17-13)12(9-22)7-6-11-4-2-1-3-5-11/h1-5,8,10,12,22H,6-7,9H2,(H3,16,18,19,20)/t12-/m0/s1. The Hall–Kier alpha value is -2.67. The number of hydrogen-bond donors (Lipinski definition) is 3. The van der Waals surface area contributed by atoms with Gasteiger partial charge in [0.05, 0.1) is 19.0 Å². The second-order valence-electron chi connectivity index (χ2n) is 5.11. The van der Waals surface area contributed by atoms with Gasteiger partial charge in [-0.05, 0) is 18.4 Å². The molecule has 0 amide bonds. The lowest BCUT2D eigenvalue weighted by atomic mass is 10.1. The van der Waals surface area contributed by atoms with E-state index in [1.54, 1.807) is 6.33 Å². The molecule has 4 N–H and O–H groups in total. The summed E-state index contributed by atoms with van der Waals surface area (Å²) >= 11 is 0. The number of aromatic amines is 1. The van der Waals surface area contributed by atoms with E-state index in [-0.39, 0.29) is 18.6 Å². The molecule has 0 aliphatic rings. The lowest BCUT2D eigenvalue weighted by Gasteiger charge is -2.15. The largest absolute Gasteiger partial charge is 0.394 e. The molecule has 0 unspecified atom stereocenters. The maximum atomic E-state index is 9.64. The van der Waals surface area contributed by atoms with Crippen LogP contribution in [0.5, 0.6) is 0 Å². The van der Waals surface area contributed by atoms with E-state index in [1.165, 1.54) is 5.56 Å². The highest BCUT2D eigenvalue weighted by molar-refractivity contribution is 5.48. The smallest absolute Gasteiger partial charge is 0.216 e. The number of nitrogens with zero attached hydrogens (tertiary/aromatic N) is 4. The van der Waals surface area contributed by atoms with E-state index in [4.69, 9.17) is 5.73 Å². The first kappa shape index (κ1) is 14.3. The fourth-order valence-electron chi connectivity index (χ4n) is 2.35. The molecule has 7 heteroatoms. The molecule has 0 fully saturated rings. The van der Waals surface area contributed by atoms with Gasteiger partial charge in [-0.25, -0.2) is 10.1 Å². The van der Waals surface area contributed by atoms with Crippen LogP contribution in [-0.4, -0.2) is 36.4 Å². The van der Waals surface area contributed by atoms with Crippen LogP contribution in [0.25, 0.3) is 11.5 Å². The van der Waals surface area contributed by atoms with Crippen LogP contribution in [0.1, 0.15) is 18.0 Å². The summed E-state index contributed by atoms with van der Waals surface area (Å²) in [5.41, 5.74) is 7.40. The van der Waals surface area contributed by atoms with Crippen molar-refractivity contribution < 1.29 is 5.11 Å². The monoisotopic (exact) mass is 298 g/mol. The highest BCUT2D eigenvalue weighted by Crippen LogP contribution is 2.19.